The summed E-state index contributed by atoms with van der Waals surface area (Å²) in [6, 6.07) is 11.2. The molecular weight excluding hydrogens is 232 g/mol. The summed E-state index contributed by atoms with van der Waals surface area (Å²) >= 11 is 0. The lowest BCUT2D eigenvalue weighted by Crippen LogP contribution is -1.92. The third-order valence-corrected chi connectivity index (χ3v) is 2.62. The van der Waals surface area contributed by atoms with E-state index in [4.69, 9.17) is 4.74 Å². The van der Waals surface area contributed by atoms with Crippen LogP contribution in [0.1, 0.15) is 0 Å². The molecule has 4 nitrogen and oxygen atoms in total. The van der Waals surface area contributed by atoms with E-state index in [1.54, 1.807) is 37.4 Å². The van der Waals surface area contributed by atoms with Crippen LogP contribution in [0.5, 0.6) is 17.2 Å². The van der Waals surface area contributed by atoms with Gasteiger partial charge in [0, 0.05) is 5.56 Å². The van der Waals surface area contributed by atoms with Gasteiger partial charge in [0.25, 0.3) is 0 Å². The summed E-state index contributed by atoms with van der Waals surface area (Å²) in [7, 11) is 1.56. The van der Waals surface area contributed by atoms with Gasteiger partial charge in [-0.3, -0.25) is 4.79 Å². The number of benzene rings is 1. The van der Waals surface area contributed by atoms with Gasteiger partial charge in [-0.2, -0.15) is 0 Å². The molecule has 0 atom stereocenters. The normalized spacial score (nSPS) is 10.1. The van der Waals surface area contributed by atoms with Crippen molar-refractivity contribution in [1.82, 2.24) is 0 Å². The van der Waals surface area contributed by atoms with Crippen LogP contribution in [0.4, 0.5) is 0 Å². The zero-order valence-corrected chi connectivity index (χ0v) is 9.75. The topological polar surface area (TPSA) is 66.8 Å². The number of aromatic hydroxyl groups is 2. The second-order valence-electron chi connectivity index (χ2n) is 3.73. The molecule has 0 spiro atoms. The van der Waals surface area contributed by atoms with Gasteiger partial charge >= 0.3 is 0 Å². The van der Waals surface area contributed by atoms with Crippen molar-refractivity contribution in [3.05, 3.63) is 52.7 Å². The Morgan fingerprint density at radius 3 is 2.22 bits per heavy atom. The van der Waals surface area contributed by atoms with Crippen LogP contribution in [-0.4, -0.2) is 17.3 Å². The van der Waals surface area contributed by atoms with Gasteiger partial charge in [-0.1, -0.05) is 24.3 Å². The van der Waals surface area contributed by atoms with E-state index in [-0.39, 0.29) is 0 Å². The van der Waals surface area contributed by atoms with E-state index < -0.39 is 16.9 Å². The van der Waals surface area contributed by atoms with Crippen LogP contribution in [-0.2, 0) is 0 Å². The van der Waals surface area contributed by atoms with Gasteiger partial charge in [-0.15, -0.1) is 0 Å². The fourth-order valence-corrected chi connectivity index (χ4v) is 1.64. The van der Waals surface area contributed by atoms with Crippen LogP contribution in [0.2, 0.25) is 0 Å². The molecule has 0 unspecified atom stereocenters. The molecule has 0 heterocycles. The van der Waals surface area contributed by atoms with Gasteiger partial charge < -0.3 is 14.9 Å². The third kappa shape index (κ3) is 2.13. The summed E-state index contributed by atoms with van der Waals surface area (Å²) in [5, 5.41) is 19.4. The number of hydrogen-bond acceptors (Lipinski definition) is 4. The predicted molar refractivity (Wildman–Crippen MR) is 68.0 cm³/mol. The molecule has 2 rings (SSSR count). The molecule has 4 heteroatoms. The average molecular weight is 244 g/mol. The van der Waals surface area contributed by atoms with E-state index in [2.05, 4.69) is 0 Å². The summed E-state index contributed by atoms with van der Waals surface area (Å²) in [6.07, 6.45) is 0. The molecule has 2 N–H and O–H groups in total. The zero-order chi connectivity index (χ0) is 13.1. The Labute approximate surface area is 104 Å². The van der Waals surface area contributed by atoms with Crippen molar-refractivity contribution < 1.29 is 14.9 Å². The standard InChI is InChI=1S/C14H12O4/c1-18-10-7-5-9(6-8-10)11-3-2-4-12(15)14(17)13(11)16/h2-8H,1H3,(H2,15,16,17). The van der Waals surface area contributed by atoms with Crippen LogP contribution in [0.3, 0.4) is 0 Å². The van der Waals surface area contributed by atoms with Crippen molar-refractivity contribution in [1.29, 1.82) is 0 Å². The van der Waals surface area contributed by atoms with E-state index in [0.717, 1.165) is 0 Å². The molecule has 0 aromatic heterocycles. The molecule has 18 heavy (non-hydrogen) atoms. The van der Waals surface area contributed by atoms with Crippen molar-refractivity contribution >= 4 is 0 Å². The van der Waals surface area contributed by atoms with Crippen LogP contribution in [0.25, 0.3) is 11.1 Å². The van der Waals surface area contributed by atoms with E-state index in [1.807, 2.05) is 0 Å². The molecule has 0 saturated heterocycles. The Morgan fingerprint density at radius 2 is 1.61 bits per heavy atom. The van der Waals surface area contributed by atoms with Crippen molar-refractivity contribution in [2.75, 3.05) is 7.11 Å². The maximum atomic E-state index is 11.3. The lowest BCUT2D eigenvalue weighted by atomic mass is 10.1. The Morgan fingerprint density at radius 1 is 0.944 bits per heavy atom. The first-order valence-electron chi connectivity index (χ1n) is 5.33. The van der Waals surface area contributed by atoms with Gasteiger partial charge in [0.05, 0.1) is 7.11 Å². The first-order chi connectivity index (χ1) is 8.63. The molecule has 0 bridgehead atoms. The predicted octanol–water partition coefficient (Wildman–Crippen LogP) is 2.13. The van der Waals surface area contributed by atoms with Crippen molar-refractivity contribution in [3.8, 4) is 28.4 Å². The number of hydrogen-bond donors (Lipinski definition) is 2. The number of methoxy groups -OCH3 is 1. The quantitative estimate of drug-likeness (QED) is 0.849. The zero-order valence-electron chi connectivity index (χ0n) is 9.75. The molecule has 2 aromatic rings. The highest BCUT2D eigenvalue weighted by Gasteiger charge is 2.09. The Kier molecular flexibility index (Phi) is 3.19. The third-order valence-electron chi connectivity index (χ3n) is 2.62. The van der Waals surface area contributed by atoms with Crippen LogP contribution in [0.15, 0.2) is 47.3 Å². The highest BCUT2D eigenvalue weighted by Crippen LogP contribution is 2.33. The molecule has 0 fully saturated rings. The molecule has 92 valence electrons. The van der Waals surface area contributed by atoms with Crippen molar-refractivity contribution in [3.63, 3.8) is 0 Å². The van der Waals surface area contributed by atoms with Crippen LogP contribution < -0.4 is 10.2 Å². The Hall–Kier alpha value is -2.49. The van der Waals surface area contributed by atoms with Gasteiger partial charge in [0.1, 0.15) is 5.75 Å². The minimum Gasteiger partial charge on any atom is -0.504 e. The maximum absolute atomic E-state index is 11.3. The van der Waals surface area contributed by atoms with E-state index >= 15 is 0 Å². The molecule has 0 saturated carbocycles. The van der Waals surface area contributed by atoms with Crippen LogP contribution in [0, 0.1) is 0 Å². The first-order valence-corrected chi connectivity index (χ1v) is 5.33. The molecule has 0 aliphatic heterocycles. The average Bonchev–Trinajstić information content (AvgIpc) is 2.53. The van der Waals surface area contributed by atoms with Gasteiger partial charge in [-0.25, -0.2) is 0 Å². The summed E-state index contributed by atoms with van der Waals surface area (Å²) in [5.41, 5.74) is 0.448. The molecule has 0 aliphatic rings. The van der Waals surface area contributed by atoms with Gasteiger partial charge in [-0.05, 0) is 23.8 Å². The molecular formula is C14H12O4. The maximum Gasteiger partial charge on any atom is 0.224 e. The minimum absolute atomic E-state index is 0.386. The van der Waals surface area contributed by atoms with E-state index in [9.17, 15) is 15.0 Å². The molecule has 0 amide bonds. The first kappa shape index (κ1) is 12.0. The van der Waals surface area contributed by atoms with E-state index in [1.165, 1.54) is 12.1 Å². The smallest absolute Gasteiger partial charge is 0.224 e. The van der Waals surface area contributed by atoms with E-state index in [0.29, 0.717) is 16.9 Å². The summed E-state index contributed by atoms with van der Waals surface area (Å²) in [4.78, 5) is 11.3. The van der Waals surface area contributed by atoms with Crippen LogP contribution >= 0.6 is 0 Å². The summed E-state index contributed by atoms with van der Waals surface area (Å²) in [5.74, 6) is -0.381. The molecule has 0 radical (unpaired) electrons. The minimum atomic E-state index is -0.647. The SMILES string of the molecule is COc1ccc(-c2cccc(=O)c(O)c2O)cc1. The van der Waals surface area contributed by atoms with Crippen molar-refractivity contribution in [2.24, 2.45) is 0 Å². The monoisotopic (exact) mass is 244 g/mol. The largest absolute Gasteiger partial charge is 0.504 e. The second-order valence-corrected chi connectivity index (χ2v) is 3.73. The fourth-order valence-electron chi connectivity index (χ4n) is 1.64. The highest BCUT2D eigenvalue weighted by molar-refractivity contribution is 5.72. The van der Waals surface area contributed by atoms with Crippen molar-refractivity contribution in [2.45, 2.75) is 0 Å². The lowest BCUT2D eigenvalue weighted by Gasteiger charge is -2.04. The Balaban J connectivity index is 2.61. The lowest BCUT2D eigenvalue weighted by molar-refractivity contribution is 0.403. The van der Waals surface area contributed by atoms with Gasteiger partial charge in [0.2, 0.25) is 11.2 Å². The number of rotatable bonds is 2. The summed E-state index contributed by atoms with van der Waals surface area (Å²) < 4.78 is 5.03. The highest BCUT2D eigenvalue weighted by atomic mass is 16.5. The number of ether oxygens (including phenoxy) is 1. The Bertz CT molecular complexity index is 618. The second kappa shape index (κ2) is 4.79. The molecule has 0 aliphatic carbocycles. The molecule has 2 aromatic carbocycles. The van der Waals surface area contributed by atoms with Gasteiger partial charge in [0.15, 0.2) is 5.75 Å². The summed E-state index contributed by atoms with van der Waals surface area (Å²) in [6.45, 7) is 0. The fraction of sp³-hybridized carbons (Fsp3) is 0.0714.